The number of fused-ring (bicyclic) bond motifs is 3. The number of carbonyl (C=O) groups excluding carboxylic acids is 1. The predicted octanol–water partition coefficient (Wildman–Crippen LogP) is 4.42. The van der Waals surface area contributed by atoms with E-state index in [-0.39, 0.29) is 30.2 Å². The third-order valence-corrected chi connectivity index (χ3v) is 5.07. The quantitative estimate of drug-likeness (QED) is 0.397. The van der Waals surface area contributed by atoms with E-state index in [4.69, 9.17) is 18.6 Å². The van der Waals surface area contributed by atoms with Crippen molar-refractivity contribution in [3.8, 4) is 11.5 Å². The molecule has 3 rings (SSSR count). The molecule has 1 aromatic heterocycles. The van der Waals surface area contributed by atoms with E-state index < -0.39 is 5.63 Å². The Hall–Kier alpha value is -2.34. The number of methoxy groups -OCH3 is 1. The first-order chi connectivity index (χ1) is 13.3. The van der Waals surface area contributed by atoms with Crippen molar-refractivity contribution in [2.45, 2.75) is 65.4 Å². The first kappa shape index (κ1) is 20.4. The Bertz CT molecular complexity index is 954. The summed E-state index contributed by atoms with van der Waals surface area (Å²) in [6, 6.07) is 1.51. The summed E-state index contributed by atoms with van der Waals surface area (Å²) in [5.41, 5.74) is 1.40. The molecule has 0 spiro atoms. The van der Waals surface area contributed by atoms with Gasteiger partial charge in [0.2, 0.25) is 0 Å². The highest BCUT2D eigenvalue weighted by Crippen LogP contribution is 2.47. The van der Waals surface area contributed by atoms with E-state index in [9.17, 15) is 9.59 Å². The molecule has 1 aliphatic rings. The van der Waals surface area contributed by atoms with E-state index in [2.05, 4.69) is 0 Å². The van der Waals surface area contributed by atoms with Crippen LogP contribution in [0.5, 0.6) is 11.5 Å². The van der Waals surface area contributed by atoms with Crippen molar-refractivity contribution in [2.75, 3.05) is 13.9 Å². The van der Waals surface area contributed by atoms with Crippen molar-refractivity contribution in [1.29, 1.82) is 0 Å². The molecule has 0 saturated carbocycles. The van der Waals surface area contributed by atoms with Crippen LogP contribution in [0.25, 0.3) is 11.0 Å². The number of benzene rings is 1. The lowest BCUT2D eigenvalue weighted by Crippen LogP contribution is -2.33. The zero-order valence-corrected chi connectivity index (χ0v) is 17.3. The number of rotatable bonds is 7. The minimum atomic E-state index is -0.478. The van der Waals surface area contributed by atoms with Crippen molar-refractivity contribution in [3.63, 3.8) is 0 Å². The predicted molar refractivity (Wildman–Crippen MR) is 107 cm³/mol. The normalized spacial score (nSPS) is 15.2. The van der Waals surface area contributed by atoms with Crippen LogP contribution in [0.15, 0.2) is 15.3 Å². The molecule has 2 heterocycles. The van der Waals surface area contributed by atoms with E-state index in [1.165, 1.54) is 13.2 Å². The topological polar surface area (TPSA) is 75.0 Å². The molecular weight excluding hydrogens is 360 g/mol. The molecule has 0 fully saturated rings. The Labute approximate surface area is 164 Å². The number of hydrogen-bond donors (Lipinski definition) is 0. The first-order valence-electron chi connectivity index (χ1n) is 9.82. The third kappa shape index (κ3) is 3.65. The summed E-state index contributed by atoms with van der Waals surface area (Å²) >= 11 is 0. The molecule has 0 unspecified atom stereocenters. The van der Waals surface area contributed by atoms with Gasteiger partial charge in [-0.2, -0.15) is 0 Å². The van der Waals surface area contributed by atoms with Gasteiger partial charge in [-0.15, -0.1) is 0 Å². The van der Waals surface area contributed by atoms with Crippen molar-refractivity contribution in [3.05, 3.63) is 33.2 Å². The molecule has 0 amide bonds. The molecule has 0 atom stereocenters. The van der Waals surface area contributed by atoms with Crippen LogP contribution < -0.4 is 15.1 Å². The second kappa shape index (κ2) is 7.95. The maximum absolute atomic E-state index is 12.9. The molecular formula is C22H28O6. The van der Waals surface area contributed by atoms with Crippen LogP contribution in [-0.4, -0.2) is 25.3 Å². The van der Waals surface area contributed by atoms with Crippen molar-refractivity contribution in [1.82, 2.24) is 0 Å². The van der Waals surface area contributed by atoms with Gasteiger partial charge in [-0.05, 0) is 38.7 Å². The summed E-state index contributed by atoms with van der Waals surface area (Å²) < 4.78 is 22.9. The fraction of sp³-hybridized carbons (Fsp3) is 0.545. The summed E-state index contributed by atoms with van der Waals surface area (Å²) in [4.78, 5) is 25.2. The zero-order chi connectivity index (χ0) is 20.5. The highest BCUT2D eigenvalue weighted by Gasteiger charge is 2.35. The molecule has 0 saturated heterocycles. The number of carbonyl (C=O) groups is 1. The first-order valence-corrected chi connectivity index (χ1v) is 9.82. The van der Waals surface area contributed by atoms with Crippen LogP contribution >= 0.6 is 0 Å². The molecule has 0 N–H and O–H groups in total. The lowest BCUT2D eigenvalue weighted by Gasteiger charge is -2.35. The second-order valence-electron chi connectivity index (χ2n) is 7.75. The van der Waals surface area contributed by atoms with Gasteiger partial charge in [-0.25, -0.2) is 4.79 Å². The van der Waals surface area contributed by atoms with E-state index in [1.807, 2.05) is 20.8 Å². The van der Waals surface area contributed by atoms with Crippen molar-refractivity contribution in [2.24, 2.45) is 0 Å². The number of hydrogen-bond acceptors (Lipinski definition) is 6. The van der Waals surface area contributed by atoms with E-state index >= 15 is 0 Å². The smallest absolute Gasteiger partial charge is 0.336 e. The van der Waals surface area contributed by atoms with E-state index in [1.54, 1.807) is 6.92 Å². The molecule has 6 nitrogen and oxygen atoms in total. The molecule has 2 aromatic rings. The summed E-state index contributed by atoms with van der Waals surface area (Å²) in [5, 5.41) is 0.714. The highest BCUT2D eigenvalue weighted by molar-refractivity contribution is 6.11. The summed E-state index contributed by atoms with van der Waals surface area (Å²) in [6.45, 7) is 7.87. The molecule has 0 radical (unpaired) electrons. The Balaban J connectivity index is 2.47. The van der Waals surface area contributed by atoms with Gasteiger partial charge in [0.1, 0.15) is 22.7 Å². The largest absolute Gasteiger partial charge is 0.487 e. The Morgan fingerprint density at radius 1 is 1.29 bits per heavy atom. The van der Waals surface area contributed by atoms with Gasteiger partial charge in [-0.3, -0.25) is 4.79 Å². The minimum Gasteiger partial charge on any atom is -0.487 e. The average molecular weight is 388 g/mol. The van der Waals surface area contributed by atoms with Gasteiger partial charge in [0.05, 0.1) is 5.39 Å². The monoisotopic (exact) mass is 388 g/mol. The van der Waals surface area contributed by atoms with Crippen LogP contribution in [-0.2, 0) is 17.6 Å². The van der Waals surface area contributed by atoms with Gasteiger partial charge in [-0.1, -0.05) is 20.3 Å². The summed E-state index contributed by atoms with van der Waals surface area (Å²) in [5.74, 6) is 0.918. The minimum absolute atomic E-state index is 0.00971. The Morgan fingerprint density at radius 2 is 2.04 bits per heavy atom. The lowest BCUT2D eigenvalue weighted by molar-refractivity contribution is 0.0461. The van der Waals surface area contributed by atoms with Gasteiger partial charge < -0.3 is 18.6 Å². The summed E-state index contributed by atoms with van der Waals surface area (Å²) in [7, 11) is 1.52. The second-order valence-corrected chi connectivity index (χ2v) is 7.75. The van der Waals surface area contributed by atoms with Gasteiger partial charge in [0.25, 0.3) is 0 Å². The highest BCUT2D eigenvalue weighted by atomic mass is 16.7. The maximum atomic E-state index is 12.9. The molecule has 1 aliphatic heterocycles. The SMILES string of the molecule is CCCc1cc(=O)oc2c(C(=O)CC)c(OCOC)c3c(c12)OC(C)(C)CC3. The van der Waals surface area contributed by atoms with Crippen LogP contribution in [0.2, 0.25) is 0 Å². The van der Waals surface area contributed by atoms with Gasteiger partial charge >= 0.3 is 5.63 Å². The fourth-order valence-corrected chi connectivity index (χ4v) is 3.74. The Morgan fingerprint density at radius 3 is 2.68 bits per heavy atom. The molecule has 1 aromatic carbocycles. The van der Waals surface area contributed by atoms with E-state index in [0.29, 0.717) is 35.3 Å². The van der Waals surface area contributed by atoms with Crippen LogP contribution in [0.4, 0.5) is 0 Å². The lowest BCUT2D eigenvalue weighted by atomic mass is 9.88. The van der Waals surface area contributed by atoms with Crippen molar-refractivity contribution < 1.29 is 23.4 Å². The van der Waals surface area contributed by atoms with Crippen molar-refractivity contribution >= 4 is 16.8 Å². The Kier molecular flexibility index (Phi) is 5.79. The van der Waals surface area contributed by atoms with Crippen LogP contribution in [0, 0.1) is 0 Å². The number of aryl methyl sites for hydroxylation is 1. The van der Waals surface area contributed by atoms with E-state index in [0.717, 1.165) is 24.0 Å². The number of ketones is 1. The fourth-order valence-electron chi connectivity index (χ4n) is 3.74. The molecule has 152 valence electrons. The maximum Gasteiger partial charge on any atom is 0.336 e. The summed E-state index contributed by atoms with van der Waals surface area (Å²) in [6.07, 6.45) is 3.30. The van der Waals surface area contributed by atoms with Gasteiger partial charge in [0, 0.05) is 25.2 Å². The van der Waals surface area contributed by atoms with Crippen LogP contribution in [0.3, 0.4) is 0 Å². The van der Waals surface area contributed by atoms with Gasteiger partial charge in [0.15, 0.2) is 18.2 Å². The molecule has 28 heavy (non-hydrogen) atoms. The zero-order valence-electron chi connectivity index (χ0n) is 17.3. The number of ether oxygens (including phenoxy) is 3. The molecule has 6 heteroatoms. The standard InChI is InChI=1S/C22H28O6/c1-6-8-13-11-16(24)27-21-17(13)20-14(9-10-22(3,4)28-20)19(26-12-25-5)18(21)15(23)7-2/h11H,6-10,12H2,1-5H3. The molecule has 0 aliphatic carbocycles. The average Bonchev–Trinajstić information content (AvgIpc) is 2.64. The number of Topliss-reactive ketones (excluding diaryl/α,β-unsaturated/α-hetero) is 1. The third-order valence-electron chi connectivity index (χ3n) is 5.07. The molecule has 0 bridgehead atoms. The van der Waals surface area contributed by atoms with Crippen LogP contribution in [0.1, 0.15) is 68.4 Å².